The normalized spacial score (nSPS) is 22.5. The minimum atomic E-state index is -0.0770. The first-order chi connectivity index (χ1) is 9.25. The molecule has 1 saturated heterocycles. The highest BCUT2D eigenvalue weighted by Crippen LogP contribution is 2.19. The summed E-state index contributed by atoms with van der Waals surface area (Å²) in [6.07, 6.45) is 3.78. The summed E-state index contributed by atoms with van der Waals surface area (Å²) in [4.78, 5) is 24.3. The number of rotatable bonds is 2. The van der Waals surface area contributed by atoms with Crippen molar-refractivity contribution in [3.05, 3.63) is 34.9 Å². The average molecular weight is 258 g/mol. The number of hydrogen-bond acceptors (Lipinski definition) is 3. The van der Waals surface area contributed by atoms with Crippen molar-refractivity contribution in [3.63, 3.8) is 0 Å². The third kappa shape index (κ3) is 2.40. The van der Waals surface area contributed by atoms with E-state index in [0.717, 1.165) is 37.8 Å². The smallest absolute Gasteiger partial charge is 0.251 e. The molecule has 0 radical (unpaired) electrons. The van der Waals surface area contributed by atoms with Crippen LogP contribution in [0.1, 0.15) is 45.5 Å². The maximum absolute atomic E-state index is 12.3. The summed E-state index contributed by atoms with van der Waals surface area (Å²) in [6, 6.07) is 5.48. The lowest BCUT2D eigenvalue weighted by Crippen LogP contribution is -2.31. The maximum Gasteiger partial charge on any atom is 0.251 e. The van der Waals surface area contributed by atoms with Gasteiger partial charge in [-0.2, -0.15) is 0 Å². The monoisotopic (exact) mass is 258 g/mol. The Morgan fingerprint density at radius 1 is 1.21 bits per heavy atom. The third-order valence-electron chi connectivity index (χ3n) is 3.92. The van der Waals surface area contributed by atoms with E-state index >= 15 is 0 Å². The van der Waals surface area contributed by atoms with Crippen molar-refractivity contribution >= 4 is 11.7 Å². The molecular weight excluding hydrogens is 240 g/mol. The molecule has 2 heterocycles. The molecule has 1 amide bonds. The highest BCUT2D eigenvalue weighted by molar-refractivity contribution is 6.03. The van der Waals surface area contributed by atoms with E-state index in [1.807, 2.05) is 12.1 Å². The van der Waals surface area contributed by atoms with Crippen LogP contribution in [0, 0.1) is 0 Å². The topological polar surface area (TPSA) is 58.2 Å². The molecule has 19 heavy (non-hydrogen) atoms. The van der Waals surface area contributed by atoms with E-state index in [4.69, 9.17) is 0 Å². The van der Waals surface area contributed by atoms with Crippen LogP contribution in [0.15, 0.2) is 18.2 Å². The molecule has 0 saturated carbocycles. The highest BCUT2D eigenvalue weighted by atomic mass is 16.1. The lowest BCUT2D eigenvalue weighted by Gasteiger charge is -2.11. The molecule has 1 aromatic rings. The second kappa shape index (κ2) is 5.13. The number of aryl methyl sites for hydroxylation is 1. The Balaban J connectivity index is 1.91. The van der Waals surface area contributed by atoms with Gasteiger partial charge >= 0.3 is 0 Å². The van der Waals surface area contributed by atoms with Crippen molar-refractivity contribution in [3.8, 4) is 0 Å². The summed E-state index contributed by atoms with van der Waals surface area (Å²) >= 11 is 0. The predicted molar refractivity (Wildman–Crippen MR) is 72.5 cm³/mol. The molecule has 3 rings (SSSR count). The van der Waals surface area contributed by atoms with Crippen LogP contribution in [0.2, 0.25) is 0 Å². The first-order valence-electron chi connectivity index (χ1n) is 6.94. The Labute approximate surface area is 112 Å². The fraction of sp³-hybridized carbons (Fsp3) is 0.467. The van der Waals surface area contributed by atoms with Crippen LogP contribution in [-0.2, 0) is 6.42 Å². The molecule has 2 aliphatic rings. The van der Waals surface area contributed by atoms with Gasteiger partial charge in [-0.15, -0.1) is 0 Å². The second-order valence-electron chi connectivity index (χ2n) is 5.24. The van der Waals surface area contributed by atoms with Crippen LogP contribution in [0.25, 0.3) is 0 Å². The van der Waals surface area contributed by atoms with E-state index < -0.39 is 0 Å². The van der Waals surface area contributed by atoms with Crippen LogP contribution in [0.3, 0.4) is 0 Å². The number of hydrogen-bond donors (Lipinski definition) is 2. The second-order valence-corrected chi connectivity index (χ2v) is 5.24. The van der Waals surface area contributed by atoms with Gasteiger partial charge < -0.3 is 10.6 Å². The summed E-state index contributed by atoms with van der Waals surface area (Å²) in [6.45, 7) is 1.61. The molecule has 2 N–H and O–H groups in total. The van der Waals surface area contributed by atoms with Gasteiger partial charge in [-0.3, -0.25) is 9.59 Å². The van der Waals surface area contributed by atoms with E-state index in [9.17, 15) is 9.59 Å². The average Bonchev–Trinajstić information content (AvgIpc) is 2.90. The van der Waals surface area contributed by atoms with Crippen molar-refractivity contribution in [1.82, 2.24) is 10.6 Å². The lowest BCUT2D eigenvalue weighted by atomic mass is 9.96. The molecule has 2 aliphatic heterocycles. The molecule has 0 bridgehead atoms. The van der Waals surface area contributed by atoms with Crippen LogP contribution >= 0.6 is 0 Å². The zero-order valence-corrected chi connectivity index (χ0v) is 10.9. The quantitative estimate of drug-likeness (QED) is 0.786. The number of ketones is 1. The molecule has 4 nitrogen and oxygen atoms in total. The molecule has 1 unspecified atom stereocenters. The Kier molecular flexibility index (Phi) is 3.34. The van der Waals surface area contributed by atoms with E-state index in [1.165, 1.54) is 0 Å². The molecular formula is C15H18N2O2. The molecule has 1 fully saturated rings. The Morgan fingerprint density at radius 2 is 2.11 bits per heavy atom. The van der Waals surface area contributed by atoms with Crippen molar-refractivity contribution < 1.29 is 9.59 Å². The predicted octanol–water partition coefficient (Wildman–Crippen LogP) is 1.30. The van der Waals surface area contributed by atoms with E-state index in [-0.39, 0.29) is 17.7 Å². The lowest BCUT2D eigenvalue weighted by molar-refractivity contribution is 0.0952. The Hall–Kier alpha value is -1.68. The number of Topliss-reactive ketones (excluding diaryl/α,β-unsaturated/α-hetero) is 1. The molecule has 100 valence electrons. The molecule has 4 heteroatoms. The van der Waals surface area contributed by atoms with Gasteiger partial charge in [0.05, 0.1) is 6.04 Å². The van der Waals surface area contributed by atoms with Crippen molar-refractivity contribution in [2.75, 3.05) is 13.1 Å². The number of fused-ring (bicyclic) bond motifs is 1. The van der Waals surface area contributed by atoms with Gasteiger partial charge in [0.2, 0.25) is 0 Å². The zero-order valence-electron chi connectivity index (χ0n) is 10.9. The van der Waals surface area contributed by atoms with Gasteiger partial charge in [0.25, 0.3) is 5.91 Å². The standard InChI is InChI=1S/C15H18N2O2/c18-14(13-4-2-7-16-13)11-6-5-10-3-1-8-17-15(19)12(10)9-11/h5-6,9,13,16H,1-4,7-8H2,(H,17,19). The first-order valence-corrected chi connectivity index (χ1v) is 6.94. The summed E-state index contributed by atoms with van der Waals surface area (Å²) < 4.78 is 0. The van der Waals surface area contributed by atoms with Gasteiger partial charge in [-0.05, 0) is 43.9 Å². The SMILES string of the molecule is O=C1NCCCc2ccc(C(=O)C3CCCN3)cc21. The summed E-state index contributed by atoms with van der Waals surface area (Å²) in [5.74, 6) is 0.0545. The van der Waals surface area contributed by atoms with Gasteiger partial charge in [0, 0.05) is 17.7 Å². The zero-order chi connectivity index (χ0) is 13.2. The Morgan fingerprint density at radius 3 is 2.89 bits per heavy atom. The minimum absolute atomic E-state index is 0.0541. The van der Waals surface area contributed by atoms with E-state index in [2.05, 4.69) is 10.6 Å². The van der Waals surface area contributed by atoms with Crippen molar-refractivity contribution in [1.29, 1.82) is 0 Å². The fourth-order valence-electron chi connectivity index (χ4n) is 2.84. The largest absolute Gasteiger partial charge is 0.352 e. The van der Waals surface area contributed by atoms with Gasteiger partial charge in [-0.1, -0.05) is 12.1 Å². The highest BCUT2D eigenvalue weighted by Gasteiger charge is 2.25. The van der Waals surface area contributed by atoms with Crippen LogP contribution in [0.4, 0.5) is 0 Å². The number of benzene rings is 1. The van der Waals surface area contributed by atoms with E-state index in [1.54, 1.807) is 6.07 Å². The maximum atomic E-state index is 12.3. The van der Waals surface area contributed by atoms with Gasteiger partial charge in [0.15, 0.2) is 5.78 Å². The first kappa shape index (κ1) is 12.4. The summed E-state index contributed by atoms with van der Waals surface area (Å²) in [5, 5.41) is 6.08. The van der Waals surface area contributed by atoms with Gasteiger partial charge in [0.1, 0.15) is 0 Å². The minimum Gasteiger partial charge on any atom is -0.352 e. The number of amides is 1. The van der Waals surface area contributed by atoms with Crippen LogP contribution < -0.4 is 10.6 Å². The van der Waals surface area contributed by atoms with E-state index in [0.29, 0.717) is 17.7 Å². The Bertz CT molecular complexity index is 519. The van der Waals surface area contributed by atoms with Gasteiger partial charge in [-0.25, -0.2) is 0 Å². The van der Waals surface area contributed by atoms with Crippen molar-refractivity contribution in [2.24, 2.45) is 0 Å². The number of carbonyl (C=O) groups is 2. The fourth-order valence-corrected chi connectivity index (χ4v) is 2.84. The van der Waals surface area contributed by atoms with Crippen LogP contribution in [-0.4, -0.2) is 30.8 Å². The van der Waals surface area contributed by atoms with Crippen LogP contribution in [0.5, 0.6) is 0 Å². The molecule has 0 spiro atoms. The molecule has 0 aliphatic carbocycles. The molecule has 1 aromatic carbocycles. The summed E-state index contributed by atoms with van der Waals surface area (Å²) in [5.41, 5.74) is 2.36. The molecule has 0 aromatic heterocycles. The molecule has 1 atom stereocenters. The van der Waals surface area contributed by atoms with Crippen molar-refractivity contribution in [2.45, 2.75) is 31.7 Å². The number of nitrogens with one attached hydrogen (secondary N) is 2. The number of carbonyl (C=O) groups excluding carboxylic acids is 2. The third-order valence-corrected chi connectivity index (χ3v) is 3.92. The summed E-state index contributed by atoms with van der Waals surface area (Å²) in [7, 11) is 0.